The van der Waals surface area contributed by atoms with E-state index in [-0.39, 0.29) is 11.9 Å². The zero-order valence-corrected chi connectivity index (χ0v) is 16.5. The standard InChI is InChI=1S/C20H28N4O3/c1-24(2)16(13-9-10-17(26-3)18(11-13)27-4)12-21-20(25)19-14-7-5-6-8-15(14)22-23-19/h9-11,16H,5-8,12H2,1-4H3,(H,21,25)(H,22,23). The Morgan fingerprint density at radius 1 is 1.22 bits per heavy atom. The van der Waals surface area contributed by atoms with Gasteiger partial charge in [-0.15, -0.1) is 0 Å². The molecule has 1 aromatic heterocycles. The normalized spacial score (nSPS) is 14.6. The van der Waals surface area contributed by atoms with Crippen molar-refractivity contribution in [3.8, 4) is 11.5 Å². The van der Waals surface area contributed by atoms with Crippen LogP contribution in [0.4, 0.5) is 0 Å². The zero-order chi connectivity index (χ0) is 19.4. The average molecular weight is 372 g/mol. The highest BCUT2D eigenvalue weighted by Crippen LogP contribution is 2.31. The van der Waals surface area contributed by atoms with Gasteiger partial charge in [-0.05, 0) is 57.5 Å². The molecule has 1 aliphatic carbocycles. The van der Waals surface area contributed by atoms with Crippen molar-refractivity contribution < 1.29 is 14.3 Å². The smallest absolute Gasteiger partial charge is 0.272 e. The molecule has 0 fully saturated rings. The molecule has 7 heteroatoms. The number of nitrogens with one attached hydrogen (secondary N) is 2. The van der Waals surface area contributed by atoms with Crippen molar-refractivity contribution >= 4 is 5.91 Å². The predicted molar refractivity (Wildman–Crippen MR) is 104 cm³/mol. The number of benzene rings is 1. The largest absolute Gasteiger partial charge is 0.493 e. The minimum atomic E-state index is -0.123. The summed E-state index contributed by atoms with van der Waals surface area (Å²) < 4.78 is 10.7. The number of methoxy groups -OCH3 is 2. The van der Waals surface area contributed by atoms with Crippen molar-refractivity contribution in [3.63, 3.8) is 0 Å². The highest BCUT2D eigenvalue weighted by Gasteiger charge is 2.23. The van der Waals surface area contributed by atoms with Gasteiger partial charge in [-0.25, -0.2) is 0 Å². The Kier molecular flexibility index (Phi) is 6.01. The number of hydrogen-bond acceptors (Lipinski definition) is 5. The summed E-state index contributed by atoms with van der Waals surface area (Å²) in [4.78, 5) is 14.8. The molecule has 0 radical (unpaired) electrons. The minimum Gasteiger partial charge on any atom is -0.493 e. The van der Waals surface area contributed by atoms with Crippen LogP contribution >= 0.6 is 0 Å². The molecule has 146 valence electrons. The van der Waals surface area contributed by atoms with Crippen LogP contribution in [0.3, 0.4) is 0 Å². The molecule has 3 rings (SSSR count). The first-order valence-electron chi connectivity index (χ1n) is 9.27. The van der Waals surface area contributed by atoms with Crippen molar-refractivity contribution in [2.45, 2.75) is 31.7 Å². The molecular weight excluding hydrogens is 344 g/mol. The number of rotatable bonds is 7. The molecule has 27 heavy (non-hydrogen) atoms. The molecule has 7 nitrogen and oxygen atoms in total. The Balaban J connectivity index is 1.74. The van der Waals surface area contributed by atoms with Gasteiger partial charge in [0.2, 0.25) is 0 Å². The van der Waals surface area contributed by atoms with Gasteiger partial charge in [0.25, 0.3) is 5.91 Å². The van der Waals surface area contributed by atoms with Crippen LogP contribution in [-0.4, -0.2) is 55.9 Å². The second kappa shape index (κ2) is 8.43. The third-order valence-corrected chi connectivity index (χ3v) is 5.14. The number of fused-ring (bicyclic) bond motifs is 1. The Morgan fingerprint density at radius 2 is 1.96 bits per heavy atom. The third-order valence-electron chi connectivity index (χ3n) is 5.14. The van der Waals surface area contributed by atoms with Gasteiger partial charge in [-0.1, -0.05) is 6.07 Å². The van der Waals surface area contributed by atoms with E-state index in [4.69, 9.17) is 9.47 Å². The number of amides is 1. The maximum atomic E-state index is 12.7. The third kappa shape index (κ3) is 4.08. The van der Waals surface area contributed by atoms with E-state index in [1.807, 2.05) is 32.3 Å². The van der Waals surface area contributed by atoms with Gasteiger partial charge >= 0.3 is 0 Å². The first-order valence-corrected chi connectivity index (χ1v) is 9.27. The van der Waals surface area contributed by atoms with E-state index in [1.165, 1.54) is 0 Å². The summed E-state index contributed by atoms with van der Waals surface area (Å²) >= 11 is 0. The van der Waals surface area contributed by atoms with E-state index in [9.17, 15) is 4.79 Å². The summed E-state index contributed by atoms with van der Waals surface area (Å²) in [6.45, 7) is 0.475. The highest BCUT2D eigenvalue weighted by molar-refractivity contribution is 5.94. The second-order valence-electron chi connectivity index (χ2n) is 7.04. The van der Waals surface area contributed by atoms with E-state index in [0.29, 0.717) is 23.7 Å². The lowest BCUT2D eigenvalue weighted by Gasteiger charge is -2.26. The number of aromatic amines is 1. The van der Waals surface area contributed by atoms with Crippen molar-refractivity contribution in [3.05, 3.63) is 40.7 Å². The highest BCUT2D eigenvalue weighted by atomic mass is 16.5. The molecule has 1 heterocycles. The van der Waals surface area contributed by atoms with Crippen LogP contribution in [0.15, 0.2) is 18.2 Å². The second-order valence-corrected chi connectivity index (χ2v) is 7.04. The topological polar surface area (TPSA) is 79.5 Å². The fourth-order valence-corrected chi connectivity index (χ4v) is 3.60. The van der Waals surface area contributed by atoms with Gasteiger partial charge in [0.05, 0.1) is 20.3 Å². The van der Waals surface area contributed by atoms with Gasteiger partial charge in [-0.2, -0.15) is 5.10 Å². The van der Waals surface area contributed by atoms with Gasteiger partial charge in [0.15, 0.2) is 17.2 Å². The number of aromatic nitrogens is 2. The van der Waals surface area contributed by atoms with Crippen LogP contribution in [-0.2, 0) is 12.8 Å². The summed E-state index contributed by atoms with van der Waals surface area (Å²) in [5, 5.41) is 10.3. The summed E-state index contributed by atoms with van der Waals surface area (Å²) in [6, 6.07) is 5.83. The van der Waals surface area contributed by atoms with Gasteiger partial charge in [0.1, 0.15) is 0 Å². The molecule has 2 N–H and O–H groups in total. The number of carbonyl (C=O) groups excluding carboxylic acids is 1. The van der Waals surface area contributed by atoms with Crippen molar-refractivity contribution in [1.29, 1.82) is 0 Å². The maximum Gasteiger partial charge on any atom is 0.272 e. The van der Waals surface area contributed by atoms with E-state index >= 15 is 0 Å². The molecule has 2 aromatic rings. The van der Waals surface area contributed by atoms with Crippen molar-refractivity contribution in [1.82, 2.24) is 20.4 Å². The van der Waals surface area contributed by atoms with Gasteiger partial charge < -0.3 is 19.7 Å². The summed E-state index contributed by atoms with van der Waals surface area (Å²) in [5.74, 6) is 1.24. The summed E-state index contributed by atoms with van der Waals surface area (Å²) in [7, 11) is 7.22. The molecule has 1 atom stereocenters. The lowest BCUT2D eigenvalue weighted by Crippen LogP contribution is -2.35. The Labute approximate surface area is 160 Å². The number of hydrogen-bond donors (Lipinski definition) is 2. The SMILES string of the molecule is COc1ccc(C(CNC(=O)c2n[nH]c3c2CCCC3)N(C)C)cc1OC. The average Bonchev–Trinajstić information content (AvgIpc) is 3.11. The van der Waals surface area contributed by atoms with Crippen LogP contribution in [0.25, 0.3) is 0 Å². The zero-order valence-electron chi connectivity index (χ0n) is 16.5. The molecule has 0 spiro atoms. The Morgan fingerprint density at radius 3 is 2.67 bits per heavy atom. The number of H-pyrrole nitrogens is 1. The minimum absolute atomic E-state index is 0.00326. The van der Waals surface area contributed by atoms with Crippen molar-refractivity contribution in [2.24, 2.45) is 0 Å². The molecule has 1 amide bonds. The van der Waals surface area contributed by atoms with Crippen LogP contribution < -0.4 is 14.8 Å². The lowest BCUT2D eigenvalue weighted by atomic mass is 9.95. The lowest BCUT2D eigenvalue weighted by molar-refractivity contribution is 0.0936. The molecule has 1 unspecified atom stereocenters. The fraction of sp³-hybridized carbons (Fsp3) is 0.500. The summed E-state index contributed by atoms with van der Waals surface area (Å²) in [5.41, 5.74) is 3.76. The van der Waals surface area contributed by atoms with Gasteiger partial charge in [0, 0.05) is 17.8 Å². The quantitative estimate of drug-likeness (QED) is 0.780. The first kappa shape index (κ1) is 19.2. The molecule has 1 aromatic carbocycles. The fourth-order valence-electron chi connectivity index (χ4n) is 3.60. The first-order chi connectivity index (χ1) is 13.0. The van der Waals surface area contributed by atoms with Gasteiger partial charge in [-0.3, -0.25) is 9.89 Å². The summed E-state index contributed by atoms with van der Waals surface area (Å²) in [6.07, 6.45) is 4.15. The van der Waals surface area contributed by atoms with Crippen LogP contribution in [0.5, 0.6) is 11.5 Å². The van der Waals surface area contributed by atoms with E-state index in [1.54, 1.807) is 14.2 Å². The monoisotopic (exact) mass is 372 g/mol. The number of likely N-dealkylation sites (N-methyl/N-ethyl adjacent to an activating group) is 1. The molecule has 0 bridgehead atoms. The Bertz CT molecular complexity index is 801. The molecular formula is C20H28N4O3. The number of aryl methyl sites for hydroxylation is 1. The number of nitrogens with zero attached hydrogens (tertiary/aromatic N) is 2. The maximum absolute atomic E-state index is 12.7. The van der Waals surface area contributed by atoms with Crippen LogP contribution in [0.1, 0.15) is 46.2 Å². The van der Waals surface area contributed by atoms with E-state index in [2.05, 4.69) is 20.4 Å². The number of ether oxygens (including phenoxy) is 2. The van der Waals surface area contributed by atoms with Crippen molar-refractivity contribution in [2.75, 3.05) is 34.9 Å². The van der Waals surface area contributed by atoms with Crippen LogP contribution in [0.2, 0.25) is 0 Å². The molecule has 0 aliphatic heterocycles. The molecule has 0 saturated carbocycles. The van der Waals surface area contributed by atoms with E-state index < -0.39 is 0 Å². The molecule has 1 aliphatic rings. The van der Waals surface area contributed by atoms with Crippen LogP contribution in [0, 0.1) is 0 Å². The number of carbonyl (C=O) groups is 1. The Hall–Kier alpha value is -2.54. The molecule has 0 saturated heterocycles. The predicted octanol–water partition coefficient (Wildman–Crippen LogP) is 2.34. The van der Waals surface area contributed by atoms with E-state index in [0.717, 1.165) is 42.5 Å².